The first-order valence-electron chi connectivity index (χ1n) is 12.7. The van der Waals surface area contributed by atoms with Crippen LogP contribution in [0.2, 0.25) is 5.04 Å². The zero-order valence-electron chi connectivity index (χ0n) is 22.6. The molecule has 3 atom stereocenters. The van der Waals surface area contributed by atoms with E-state index in [-0.39, 0.29) is 18.2 Å². The van der Waals surface area contributed by atoms with Crippen LogP contribution in [-0.4, -0.2) is 67.1 Å². The van der Waals surface area contributed by atoms with Crippen LogP contribution < -0.4 is 21.6 Å². The van der Waals surface area contributed by atoms with E-state index in [1.165, 1.54) is 16.8 Å². The second-order valence-electron chi connectivity index (χ2n) is 10.8. The van der Waals surface area contributed by atoms with Gasteiger partial charge < -0.3 is 9.16 Å². The lowest BCUT2D eigenvalue weighted by Crippen LogP contribution is -2.67. The van der Waals surface area contributed by atoms with Gasteiger partial charge in [-0.15, -0.1) is 0 Å². The molecule has 204 valence electrons. The Balaban J connectivity index is 1.71. The molecule has 1 aliphatic heterocycles. The second kappa shape index (κ2) is 11.7. The number of benzene rings is 2. The van der Waals surface area contributed by atoms with Crippen molar-refractivity contribution in [3.8, 4) is 0 Å². The summed E-state index contributed by atoms with van der Waals surface area (Å²) in [5.41, 5.74) is -1.05. The Morgan fingerprint density at radius 3 is 2.08 bits per heavy atom. The van der Waals surface area contributed by atoms with Crippen LogP contribution in [0.15, 0.2) is 82.5 Å². The number of morpholine rings is 1. The third-order valence-corrected chi connectivity index (χ3v) is 13.5. The number of hydrogen-bond donors (Lipinski definition) is 1. The highest BCUT2D eigenvalue weighted by molar-refractivity contribution is 7.39. The minimum Gasteiger partial charge on any atom is -0.405 e. The van der Waals surface area contributed by atoms with Gasteiger partial charge in [0.05, 0.1) is 19.3 Å². The maximum atomic E-state index is 13.2. The maximum absolute atomic E-state index is 13.2. The first-order valence-corrected chi connectivity index (χ1v) is 15.9. The van der Waals surface area contributed by atoms with E-state index in [1.54, 1.807) is 18.8 Å². The fourth-order valence-corrected chi connectivity index (χ4v) is 11.0. The lowest BCUT2D eigenvalue weighted by molar-refractivity contribution is -0.117. The van der Waals surface area contributed by atoms with E-state index in [0.717, 1.165) is 10.4 Å². The van der Waals surface area contributed by atoms with Gasteiger partial charge in [0.15, 0.2) is 6.23 Å². The second-order valence-corrected chi connectivity index (χ2v) is 17.2. The van der Waals surface area contributed by atoms with Crippen molar-refractivity contribution in [2.45, 2.75) is 38.1 Å². The summed E-state index contributed by atoms with van der Waals surface area (Å²) in [7, 11) is -1.56. The van der Waals surface area contributed by atoms with Crippen molar-refractivity contribution in [1.82, 2.24) is 18.9 Å². The van der Waals surface area contributed by atoms with Crippen LogP contribution in [0.3, 0.4) is 0 Å². The molecule has 0 amide bonds. The van der Waals surface area contributed by atoms with Gasteiger partial charge in [-0.2, -0.15) is 0 Å². The van der Waals surface area contributed by atoms with E-state index in [1.807, 2.05) is 41.1 Å². The number of aromatic nitrogens is 2. The highest BCUT2D eigenvalue weighted by Gasteiger charge is 2.50. The molecule has 1 aliphatic rings. The highest BCUT2D eigenvalue weighted by Crippen LogP contribution is 2.38. The predicted molar refractivity (Wildman–Crippen MR) is 153 cm³/mol. The van der Waals surface area contributed by atoms with Crippen molar-refractivity contribution in [2.75, 3.05) is 33.8 Å². The monoisotopic (exact) mass is 556 g/mol. The Morgan fingerprint density at radius 2 is 1.58 bits per heavy atom. The molecule has 0 saturated carbocycles. The van der Waals surface area contributed by atoms with Crippen LogP contribution in [0.4, 0.5) is 0 Å². The Morgan fingerprint density at radius 1 is 1.00 bits per heavy atom. The molecule has 0 radical (unpaired) electrons. The summed E-state index contributed by atoms with van der Waals surface area (Å²) >= 11 is 0. The number of aromatic amines is 1. The number of hydrogen-bond acceptors (Lipinski definition) is 5. The Bertz CT molecular complexity index is 1320. The molecule has 0 aliphatic carbocycles. The molecule has 1 saturated heterocycles. The van der Waals surface area contributed by atoms with Gasteiger partial charge >= 0.3 is 5.69 Å². The summed E-state index contributed by atoms with van der Waals surface area (Å²) in [6, 6.07) is 22.0. The molecule has 4 rings (SSSR count). The molecular formula is C27H37N4O5PSi. The molecule has 2 aromatic carbocycles. The van der Waals surface area contributed by atoms with Crippen molar-refractivity contribution in [2.24, 2.45) is 0 Å². The van der Waals surface area contributed by atoms with E-state index in [2.05, 4.69) is 50.0 Å². The van der Waals surface area contributed by atoms with Crippen molar-refractivity contribution in [1.29, 1.82) is 0 Å². The fourth-order valence-electron chi connectivity index (χ4n) is 5.14. The molecule has 2 heterocycles. The topological polar surface area (TPSA) is 96.9 Å². The van der Waals surface area contributed by atoms with E-state index in [0.29, 0.717) is 6.54 Å². The molecule has 9 nitrogen and oxygen atoms in total. The number of rotatable bonds is 8. The van der Waals surface area contributed by atoms with Crippen LogP contribution in [0.5, 0.6) is 0 Å². The SMILES string of the molecule is CN(C)[PH](=O)N1C[C@@H](CO[Si](c2ccccc2)(c2ccccc2)C(C)(C)C)O[C@@H](n2ccc(=O)[nH]c2=O)C1. The summed E-state index contributed by atoms with van der Waals surface area (Å²) in [5, 5.41) is 2.10. The fraction of sp³-hybridized carbons (Fsp3) is 0.407. The van der Waals surface area contributed by atoms with Crippen molar-refractivity contribution in [3.05, 3.63) is 93.8 Å². The number of nitrogens with zero attached hydrogens (tertiary/aromatic N) is 3. The number of H-pyrrole nitrogens is 1. The molecule has 1 aromatic heterocycles. The summed E-state index contributed by atoms with van der Waals surface area (Å²) in [5.74, 6) is 0. The van der Waals surface area contributed by atoms with Gasteiger partial charge in [-0.25, -0.2) is 14.1 Å². The average Bonchev–Trinajstić information content (AvgIpc) is 2.89. The van der Waals surface area contributed by atoms with Crippen molar-refractivity contribution < 1.29 is 13.7 Å². The van der Waals surface area contributed by atoms with Crippen LogP contribution in [0.1, 0.15) is 27.0 Å². The van der Waals surface area contributed by atoms with Crippen molar-refractivity contribution >= 4 is 26.8 Å². The Labute approximate surface area is 225 Å². The van der Waals surface area contributed by atoms with Gasteiger partial charge in [0.2, 0.25) is 8.10 Å². The predicted octanol–water partition coefficient (Wildman–Crippen LogP) is 2.26. The Kier molecular flexibility index (Phi) is 8.71. The van der Waals surface area contributed by atoms with Gasteiger partial charge in [-0.1, -0.05) is 81.4 Å². The Hall–Kier alpha value is -2.59. The third kappa shape index (κ3) is 5.86. The zero-order chi connectivity index (χ0) is 27.5. The molecule has 1 N–H and O–H groups in total. The molecule has 38 heavy (non-hydrogen) atoms. The molecule has 11 heteroatoms. The van der Waals surface area contributed by atoms with Crippen molar-refractivity contribution in [3.63, 3.8) is 0 Å². The van der Waals surface area contributed by atoms with Gasteiger partial charge in [0, 0.05) is 18.8 Å². The lowest BCUT2D eigenvalue weighted by atomic mass is 10.2. The minimum absolute atomic E-state index is 0.212. The lowest BCUT2D eigenvalue weighted by Gasteiger charge is -2.45. The largest absolute Gasteiger partial charge is 0.405 e. The molecular weight excluding hydrogens is 519 g/mol. The summed E-state index contributed by atoms with van der Waals surface area (Å²) in [6.45, 7) is 7.52. The number of nitrogens with one attached hydrogen (secondary N) is 1. The van der Waals surface area contributed by atoms with Gasteiger partial charge in [-0.3, -0.25) is 18.9 Å². The smallest absolute Gasteiger partial charge is 0.330 e. The third-order valence-electron chi connectivity index (χ3n) is 6.87. The molecule has 0 spiro atoms. The molecule has 1 fully saturated rings. The van der Waals surface area contributed by atoms with E-state index in [4.69, 9.17) is 9.16 Å². The van der Waals surface area contributed by atoms with E-state index >= 15 is 0 Å². The molecule has 1 unspecified atom stereocenters. The van der Waals surface area contributed by atoms with Crippen LogP contribution in [-0.2, 0) is 13.7 Å². The van der Waals surface area contributed by atoms with Gasteiger partial charge in [0.1, 0.15) is 0 Å². The van der Waals surface area contributed by atoms with Crippen LogP contribution in [0, 0.1) is 0 Å². The molecule has 0 bridgehead atoms. The minimum atomic E-state index is -2.82. The normalized spacial score (nSPS) is 19.9. The quantitative estimate of drug-likeness (QED) is 0.336. The molecule has 3 aromatic rings. The van der Waals surface area contributed by atoms with E-state index in [9.17, 15) is 14.2 Å². The van der Waals surface area contributed by atoms with E-state index < -0.39 is 40.0 Å². The van der Waals surface area contributed by atoms with Gasteiger partial charge in [-0.05, 0) is 29.5 Å². The standard InChI is InChI=1S/C27H37N4O5PSi/c1-27(2,3)38(22-12-8-6-9-13-22,23-14-10-7-11-15-23)35-20-21-18-30(37(34)29(4)5)19-25(36-21)31-17-16-24(32)28-26(31)33/h6-17,21,25,37H,18-20H2,1-5H3,(H,28,32,33)/t21-,25+/m0/s1. The number of ether oxygens (including phenoxy) is 1. The maximum Gasteiger partial charge on any atom is 0.330 e. The van der Waals surface area contributed by atoms with Crippen LogP contribution >= 0.6 is 8.10 Å². The summed E-state index contributed by atoms with van der Waals surface area (Å²) in [6.07, 6.45) is 0.236. The van der Waals surface area contributed by atoms with Crippen LogP contribution in [0.25, 0.3) is 0 Å². The average molecular weight is 557 g/mol. The first-order chi connectivity index (χ1) is 18.0. The first kappa shape index (κ1) is 28.4. The zero-order valence-corrected chi connectivity index (χ0v) is 24.6. The summed E-state index contributed by atoms with van der Waals surface area (Å²) < 4.78 is 31.5. The highest BCUT2D eigenvalue weighted by atomic mass is 31.1. The summed E-state index contributed by atoms with van der Waals surface area (Å²) in [4.78, 5) is 26.5. The van der Waals surface area contributed by atoms with Gasteiger partial charge in [0.25, 0.3) is 13.9 Å².